The van der Waals surface area contributed by atoms with Gasteiger partial charge in [-0.05, 0) is 48.4 Å². The van der Waals surface area contributed by atoms with Crippen LogP contribution < -0.4 is 14.8 Å². The average Bonchev–Trinajstić information content (AvgIpc) is 2.95. The number of nitrogens with one attached hydrogen (secondary N) is 1. The second-order valence-corrected chi connectivity index (χ2v) is 5.14. The van der Waals surface area contributed by atoms with Crippen LogP contribution in [0.3, 0.4) is 0 Å². The Kier molecular flexibility index (Phi) is 3.97. The Morgan fingerprint density at radius 1 is 1.10 bits per heavy atom. The summed E-state index contributed by atoms with van der Waals surface area (Å²) in [6.07, 6.45) is 0.732. The number of hydrogen-bond acceptors (Lipinski definition) is 3. The summed E-state index contributed by atoms with van der Waals surface area (Å²) < 4.78 is 10.6. The van der Waals surface area contributed by atoms with E-state index in [-0.39, 0.29) is 12.7 Å². The molecule has 0 bridgehead atoms. The third-order valence-electron chi connectivity index (χ3n) is 3.24. The normalized spacial score (nSPS) is 12.2. The minimum absolute atomic E-state index is 0.104. The largest absolute Gasteiger partial charge is 0.454 e. The molecule has 2 aromatic rings. The van der Waals surface area contributed by atoms with Crippen molar-refractivity contribution in [2.24, 2.45) is 0 Å². The van der Waals surface area contributed by atoms with E-state index in [4.69, 9.17) is 21.1 Å². The highest BCUT2D eigenvalue weighted by Gasteiger charge is 2.13. The first-order chi connectivity index (χ1) is 10.2. The van der Waals surface area contributed by atoms with E-state index in [0.29, 0.717) is 17.1 Å². The number of ether oxygens (including phenoxy) is 2. The van der Waals surface area contributed by atoms with E-state index in [1.807, 2.05) is 18.2 Å². The Bertz CT molecular complexity index is 655. The van der Waals surface area contributed by atoms with Gasteiger partial charge in [-0.25, -0.2) is 0 Å². The average molecular weight is 304 g/mol. The van der Waals surface area contributed by atoms with Crippen LogP contribution in [0, 0.1) is 0 Å². The molecule has 0 saturated carbocycles. The molecule has 0 spiro atoms. The van der Waals surface area contributed by atoms with E-state index in [9.17, 15) is 4.79 Å². The Morgan fingerprint density at radius 3 is 2.67 bits per heavy atom. The highest BCUT2D eigenvalue weighted by atomic mass is 35.5. The number of benzene rings is 2. The number of carbonyl (C=O) groups excluding carboxylic acids is 1. The third kappa shape index (κ3) is 3.28. The second kappa shape index (κ2) is 6.06. The fraction of sp³-hybridized carbons (Fsp3) is 0.188. The van der Waals surface area contributed by atoms with Crippen LogP contribution in [0.25, 0.3) is 0 Å². The minimum atomic E-state index is -0.104. The monoisotopic (exact) mass is 303 g/mol. The summed E-state index contributed by atoms with van der Waals surface area (Å²) in [5, 5.41) is 3.50. The lowest BCUT2D eigenvalue weighted by Crippen LogP contribution is -2.25. The molecule has 0 fully saturated rings. The van der Waals surface area contributed by atoms with Gasteiger partial charge < -0.3 is 14.8 Å². The van der Waals surface area contributed by atoms with E-state index in [2.05, 4.69) is 5.32 Å². The topological polar surface area (TPSA) is 47.6 Å². The van der Waals surface area contributed by atoms with E-state index in [1.54, 1.807) is 24.3 Å². The molecule has 5 heteroatoms. The lowest BCUT2D eigenvalue weighted by molar-refractivity contribution is 0.0954. The highest BCUT2D eigenvalue weighted by Crippen LogP contribution is 2.32. The number of fused-ring (bicyclic) bond motifs is 1. The van der Waals surface area contributed by atoms with Crippen LogP contribution in [0.1, 0.15) is 15.9 Å². The van der Waals surface area contributed by atoms with Gasteiger partial charge >= 0.3 is 0 Å². The summed E-state index contributed by atoms with van der Waals surface area (Å²) in [5.74, 6) is 1.42. The molecule has 0 aromatic heterocycles. The van der Waals surface area contributed by atoms with Gasteiger partial charge in [0.15, 0.2) is 11.5 Å². The summed E-state index contributed by atoms with van der Waals surface area (Å²) in [4.78, 5) is 11.9. The van der Waals surface area contributed by atoms with Crippen LogP contribution in [0.15, 0.2) is 42.5 Å². The first-order valence-electron chi connectivity index (χ1n) is 6.65. The van der Waals surface area contributed by atoms with Crippen LogP contribution in [-0.4, -0.2) is 19.2 Å². The van der Waals surface area contributed by atoms with E-state index >= 15 is 0 Å². The third-order valence-corrected chi connectivity index (χ3v) is 3.49. The van der Waals surface area contributed by atoms with E-state index in [0.717, 1.165) is 23.5 Å². The summed E-state index contributed by atoms with van der Waals surface area (Å²) in [6, 6.07) is 12.6. The zero-order valence-electron chi connectivity index (χ0n) is 11.3. The van der Waals surface area contributed by atoms with Crippen LogP contribution in [0.4, 0.5) is 0 Å². The molecule has 0 atom stereocenters. The summed E-state index contributed by atoms with van der Waals surface area (Å²) >= 11 is 5.79. The number of halogens is 1. The molecule has 1 heterocycles. The molecule has 0 aliphatic carbocycles. The number of carbonyl (C=O) groups is 1. The fourth-order valence-electron chi connectivity index (χ4n) is 2.12. The fourth-order valence-corrected chi connectivity index (χ4v) is 2.25. The lowest BCUT2D eigenvalue weighted by Gasteiger charge is -2.06. The molecule has 4 nitrogen and oxygen atoms in total. The molecule has 1 N–H and O–H groups in total. The van der Waals surface area contributed by atoms with Gasteiger partial charge in [0.2, 0.25) is 6.79 Å². The zero-order valence-corrected chi connectivity index (χ0v) is 12.0. The quantitative estimate of drug-likeness (QED) is 0.944. The number of amides is 1. The van der Waals surface area contributed by atoms with E-state index < -0.39 is 0 Å². The molecule has 0 saturated heterocycles. The Hall–Kier alpha value is -2.20. The molecule has 0 unspecified atom stereocenters. The summed E-state index contributed by atoms with van der Waals surface area (Å²) in [5.41, 5.74) is 1.70. The van der Waals surface area contributed by atoms with Crippen LogP contribution in [0.2, 0.25) is 5.02 Å². The van der Waals surface area contributed by atoms with Gasteiger partial charge in [0.05, 0.1) is 0 Å². The molecule has 108 valence electrons. The van der Waals surface area contributed by atoms with Gasteiger partial charge in [0, 0.05) is 17.1 Å². The molecule has 2 aromatic carbocycles. The predicted molar refractivity (Wildman–Crippen MR) is 80.1 cm³/mol. The maximum atomic E-state index is 11.9. The molecule has 1 aliphatic rings. The molecule has 1 aliphatic heterocycles. The first kappa shape index (κ1) is 13.8. The molecule has 21 heavy (non-hydrogen) atoms. The number of rotatable bonds is 4. The van der Waals surface area contributed by atoms with Crippen LogP contribution in [-0.2, 0) is 6.42 Å². The van der Waals surface area contributed by atoms with Crippen LogP contribution in [0.5, 0.6) is 11.5 Å². The summed E-state index contributed by atoms with van der Waals surface area (Å²) in [7, 11) is 0. The molecular formula is C16H14ClNO3. The van der Waals surface area contributed by atoms with Gasteiger partial charge in [0.1, 0.15) is 0 Å². The maximum Gasteiger partial charge on any atom is 0.251 e. The Balaban J connectivity index is 1.54. The number of hydrogen-bond donors (Lipinski definition) is 1. The second-order valence-electron chi connectivity index (χ2n) is 4.70. The minimum Gasteiger partial charge on any atom is -0.454 e. The van der Waals surface area contributed by atoms with E-state index in [1.165, 1.54) is 0 Å². The van der Waals surface area contributed by atoms with Gasteiger partial charge in [-0.2, -0.15) is 0 Å². The first-order valence-corrected chi connectivity index (χ1v) is 7.02. The van der Waals surface area contributed by atoms with Gasteiger partial charge in [0.25, 0.3) is 5.91 Å². The smallest absolute Gasteiger partial charge is 0.251 e. The molecule has 3 rings (SSSR count). The lowest BCUT2D eigenvalue weighted by atomic mass is 10.1. The van der Waals surface area contributed by atoms with Crippen molar-refractivity contribution < 1.29 is 14.3 Å². The Labute approximate surface area is 127 Å². The zero-order chi connectivity index (χ0) is 14.7. The predicted octanol–water partition coefficient (Wildman–Crippen LogP) is 3.04. The summed E-state index contributed by atoms with van der Waals surface area (Å²) in [6.45, 7) is 0.827. The molecule has 0 radical (unpaired) electrons. The maximum absolute atomic E-state index is 11.9. The van der Waals surface area contributed by atoms with Crippen molar-refractivity contribution in [1.82, 2.24) is 5.32 Å². The van der Waals surface area contributed by atoms with Crippen molar-refractivity contribution in [1.29, 1.82) is 0 Å². The van der Waals surface area contributed by atoms with Crippen molar-refractivity contribution in [2.75, 3.05) is 13.3 Å². The Morgan fingerprint density at radius 2 is 1.86 bits per heavy atom. The highest BCUT2D eigenvalue weighted by molar-refractivity contribution is 6.30. The van der Waals surface area contributed by atoms with Gasteiger partial charge in [-0.3, -0.25) is 4.79 Å². The van der Waals surface area contributed by atoms with Crippen LogP contribution >= 0.6 is 11.6 Å². The van der Waals surface area contributed by atoms with Crippen molar-refractivity contribution in [3.05, 3.63) is 58.6 Å². The molecule has 1 amide bonds. The molecular weight excluding hydrogens is 290 g/mol. The van der Waals surface area contributed by atoms with Crippen molar-refractivity contribution in [3.63, 3.8) is 0 Å². The van der Waals surface area contributed by atoms with Gasteiger partial charge in [-0.15, -0.1) is 0 Å². The standard InChI is InChI=1S/C16H14ClNO3/c17-13-4-2-12(3-5-13)16(19)18-8-7-11-1-6-14-15(9-11)21-10-20-14/h1-6,9H,7-8,10H2,(H,18,19). The van der Waals surface area contributed by atoms with Crippen molar-refractivity contribution >= 4 is 17.5 Å². The SMILES string of the molecule is O=C(NCCc1ccc2c(c1)OCO2)c1ccc(Cl)cc1. The van der Waals surface area contributed by atoms with Gasteiger partial charge in [-0.1, -0.05) is 17.7 Å². The van der Waals surface area contributed by atoms with Crippen molar-refractivity contribution in [3.8, 4) is 11.5 Å². The van der Waals surface area contributed by atoms with Crippen molar-refractivity contribution in [2.45, 2.75) is 6.42 Å².